The average Bonchev–Trinajstić information content (AvgIpc) is 3.30. The van der Waals surface area contributed by atoms with Gasteiger partial charge in [0.1, 0.15) is 26.8 Å². The second kappa shape index (κ2) is 16.1. The van der Waals surface area contributed by atoms with E-state index in [4.69, 9.17) is 9.97 Å². The monoisotopic (exact) mass is 559 g/mol. The molecule has 39 heavy (non-hydrogen) atoms. The third-order valence-electron chi connectivity index (χ3n) is 7.63. The molecular formula is C31H42N3NaO3S. The van der Waals surface area contributed by atoms with Gasteiger partial charge >= 0.3 is 29.6 Å². The van der Waals surface area contributed by atoms with Crippen LogP contribution in [0.2, 0.25) is 0 Å². The van der Waals surface area contributed by atoms with Crippen molar-refractivity contribution >= 4 is 37.7 Å². The summed E-state index contributed by atoms with van der Waals surface area (Å²) >= 11 is 0. The molecule has 206 valence electrons. The minimum Gasteiger partial charge on any atom is -0.747 e. The Morgan fingerprint density at radius 1 is 0.718 bits per heavy atom. The second-order valence-electron chi connectivity index (χ2n) is 10.6. The van der Waals surface area contributed by atoms with Crippen molar-refractivity contribution in [3.8, 4) is 0 Å². The topological polar surface area (TPSA) is 87.4 Å². The summed E-state index contributed by atoms with van der Waals surface area (Å²) in [6.07, 6.45) is 17.4. The number of hydrogen-bond donors (Lipinski definition) is 0. The molecule has 1 unspecified atom stereocenters. The van der Waals surface area contributed by atoms with E-state index in [-0.39, 0.29) is 41.8 Å². The van der Waals surface area contributed by atoms with Crippen LogP contribution in [-0.2, 0) is 10.1 Å². The molecule has 0 N–H and O–H groups in total. The van der Waals surface area contributed by atoms with Crippen molar-refractivity contribution in [1.29, 1.82) is 0 Å². The number of rotatable bonds is 17. The van der Waals surface area contributed by atoms with Gasteiger partial charge < -0.3 is 4.55 Å². The average molecular weight is 560 g/mol. The molecule has 8 heteroatoms. The quantitative estimate of drug-likeness (QED) is 0.0969. The molecule has 4 rings (SSSR count). The molecule has 0 saturated carbocycles. The Labute approximate surface area is 256 Å². The van der Waals surface area contributed by atoms with Crippen LogP contribution in [0.1, 0.15) is 114 Å². The van der Waals surface area contributed by atoms with E-state index in [1.54, 1.807) is 4.40 Å². The molecule has 1 atom stereocenters. The molecular weight excluding hydrogens is 517 g/mol. The summed E-state index contributed by atoms with van der Waals surface area (Å²) in [5.74, 6) is 0.275. The minimum absolute atomic E-state index is 0. The maximum absolute atomic E-state index is 12.5. The largest absolute Gasteiger partial charge is 1.00 e. The maximum Gasteiger partial charge on any atom is 1.00 e. The Morgan fingerprint density at radius 2 is 1.23 bits per heavy atom. The zero-order valence-corrected chi connectivity index (χ0v) is 26.6. The Balaban J connectivity index is 0.00000420. The Bertz CT molecular complexity index is 1420. The number of para-hydroxylation sites is 3. The Morgan fingerprint density at radius 3 is 1.82 bits per heavy atom. The van der Waals surface area contributed by atoms with Crippen molar-refractivity contribution in [3.63, 3.8) is 0 Å². The molecule has 0 amide bonds. The summed E-state index contributed by atoms with van der Waals surface area (Å²) in [6, 6.07) is 15.2. The number of fused-ring (bicyclic) bond motifs is 5. The summed E-state index contributed by atoms with van der Waals surface area (Å²) in [5, 5.41) is -0.365. The number of aromatic nitrogens is 3. The van der Waals surface area contributed by atoms with Gasteiger partial charge in [0.05, 0.1) is 16.6 Å². The zero-order chi connectivity index (χ0) is 26.8. The first-order valence-electron chi connectivity index (χ1n) is 14.6. The van der Waals surface area contributed by atoms with Crippen molar-refractivity contribution in [3.05, 3.63) is 54.4 Å². The standard InChI is InChI=1S/C31H43N3O3S.Na/c1-2-3-4-5-6-7-8-9-10-11-12-13-14-15-24-29(38(35,36)37)31-32-26-21-17-16-20-25(26)30-33-27-22-18-19-23-28(27)34(30)31;/h16-23,29H,2-15,24H2,1H3,(H,35,36,37);/q;+1/p-1. The summed E-state index contributed by atoms with van der Waals surface area (Å²) in [7, 11) is -4.60. The molecule has 6 nitrogen and oxygen atoms in total. The van der Waals surface area contributed by atoms with E-state index in [0.29, 0.717) is 17.6 Å². The number of benzene rings is 2. The molecule has 2 aromatic heterocycles. The van der Waals surface area contributed by atoms with E-state index in [9.17, 15) is 13.0 Å². The van der Waals surface area contributed by atoms with Crippen molar-refractivity contribution in [2.24, 2.45) is 0 Å². The van der Waals surface area contributed by atoms with Crippen LogP contribution >= 0.6 is 0 Å². The number of imidazole rings is 1. The molecule has 2 heterocycles. The minimum atomic E-state index is -4.60. The van der Waals surface area contributed by atoms with Crippen molar-refractivity contribution in [2.45, 2.75) is 108 Å². The number of nitrogens with zero attached hydrogens (tertiary/aromatic N) is 3. The van der Waals surface area contributed by atoms with E-state index >= 15 is 0 Å². The van der Waals surface area contributed by atoms with Gasteiger partial charge in [0.15, 0.2) is 0 Å². The predicted octanol–water partition coefficient (Wildman–Crippen LogP) is 5.50. The van der Waals surface area contributed by atoms with E-state index in [1.807, 2.05) is 48.5 Å². The fraction of sp³-hybridized carbons (Fsp3) is 0.548. The number of hydrogen-bond acceptors (Lipinski definition) is 5. The first-order chi connectivity index (χ1) is 18.5. The SMILES string of the molecule is CCCCCCCCCCCCCCCCC(c1nc2ccccc2c2nc3ccccc3n12)S(=O)(=O)[O-].[Na+]. The van der Waals surface area contributed by atoms with E-state index in [0.717, 1.165) is 35.7 Å². The van der Waals surface area contributed by atoms with Gasteiger partial charge in [-0.2, -0.15) is 0 Å². The van der Waals surface area contributed by atoms with Gasteiger partial charge in [0.25, 0.3) is 0 Å². The van der Waals surface area contributed by atoms with Crippen LogP contribution in [0.25, 0.3) is 27.6 Å². The van der Waals surface area contributed by atoms with Crippen LogP contribution in [0.15, 0.2) is 48.5 Å². The Hall–Kier alpha value is -1.51. The van der Waals surface area contributed by atoms with Gasteiger partial charge in [0, 0.05) is 5.39 Å². The molecule has 0 radical (unpaired) electrons. The maximum atomic E-state index is 12.5. The van der Waals surface area contributed by atoms with Crippen LogP contribution in [0, 0.1) is 0 Å². The summed E-state index contributed by atoms with van der Waals surface area (Å²) in [4.78, 5) is 9.49. The zero-order valence-electron chi connectivity index (χ0n) is 23.8. The fourth-order valence-electron chi connectivity index (χ4n) is 5.51. The van der Waals surface area contributed by atoms with E-state index in [2.05, 4.69) is 6.92 Å². The van der Waals surface area contributed by atoms with E-state index in [1.165, 1.54) is 64.2 Å². The van der Waals surface area contributed by atoms with Crippen LogP contribution in [0.3, 0.4) is 0 Å². The van der Waals surface area contributed by atoms with Gasteiger partial charge in [-0.1, -0.05) is 121 Å². The first kappa shape index (κ1) is 32.0. The van der Waals surface area contributed by atoms with Gasteiger partial charge in [-0.05, 0) is 30.7 Å². The van der Waals surface area contributed by atoms with Crippen LogP contribution in [-0.4, -0.2) is 27.3 Å². The molecule has 0 spiro atoms. The van der Waals surface area contributed by atoms with Crippen LogP contribution in [0.5, 0.6) is 0 Å². The molecule has 0 saturated heterocycles. The number of unbranched alkanes of at least 4 members (excludes halogenated alkanes) is 13. The van der Waals surface area contributed by atoms with Crippen molar-refractivity contribution in [2.75, 3.05) is 0 Å². The van der Waals surface area contributed by atoms with Gasteiger partial charge in [0.2, 0.25) is 0 Å². The predicted molar refractivity (Wildman–Crippen MR) is 155 cm³/mol. The fourth-order valence-corrected chi connectivity index (χ4v) is 6.39. The van der Waals surface area contributed by atoms with E-state index < -0.39 is 15.4 Å². The van der Waals surface area contributed by atoms with Gasteiger partial charge in [-0.25, -0.2) is 18.4 Å². The molecule has 0 aliphatic heterocycles. The van der Waals surface area contributed by atoms with Crippen LogP contribution < -0.4 is 29.6 Å². The summed E-state index contributed by atoms with van der Waals surface area (Å²) in [6.45, 7) is 2.26. The third kappa shape index (κ3) is 8.74. The molecule has 0 aliphatic carbocycles. The second-order valence-corrected chi connectivity index (χ2v) is 12.2. The molecule has 0 fully saturated rings. The normalized spacial score (nSPS) is 12.8. The molecule has 0 aliphatic rings. The molecule has 0 bridgehead atoms. The van der Waals surface area contributed by atoms with Crippen molar-refractivity contribution in [1.82, 2.24) is 14.4 Å². The van der Waals surface area contributed by atoms with Gasteiger partial charge in [-0.3, -0.25) is 4.40 Å². The smallest absolute Gasteiger partial charge is 0.747 e. The summed E-state index contributed by atoms with van der Waals surface area (Å²) in [5.41, 5.74) is 2.82. The summed E-state index contributed by atoms with van der Waals surface area (Å²) < 4.78 is 39.3. The third-order valence-corrected chi connectivity index (χ3v) is 8.77. The van der Waals surface area contributed by atoms with Gasteiger partial charge in [-0.15, -0.1) is 0 Å². The van der Waals surface area contributed by atoms with Crippen molar-refractivity contribution < 1.29 is 42.5 Å². The molecule has 2 aromatic carbocycles. The molecule has 4 aromatic rings. The van der Waals surface area contributed by atoms with Crippen LogP contribution in [0.4, 0.5) is 0 Å². The first-order valence-corrected chi connectivity index (χ1v) is 16.1. The Kier molecular flexibility index (Phi) is 13.2.